The average molecular weight is 565 g/mol. The second kappa shape index (κ2) is 13.1. The van der Waals surface area contributed by atoms with Gasteiger partial charge < -0.3 is 25.5 Å². The van der Waals surface area contributed by atoms with Gasteiger partial charge in [-0.1, -0.05) is 26.0 Å². The first-order valence-corrected chi connectivity index (χ1v) is 14.5. The predicted molar refractivity (Wildman–Crippen MR) is 155 cm³/mol. The first-order valence-electron chi connectivity index (χ1n) is 14.5. The number of aromatic nitrogens is 2. The summed E-state index contributed by atoms with van der Waals surface area (Å²) in [4.78, 5) is 64.4. The van der Waals surface area contributed by atoms with E-state index >= 15 is 0 Å². The molecule has 41 heavy (non-hydrogen) atoms. The summed E-state index contributed by atoms with van der Waals surface area (Å²) in [6, 6.07) is 5.58. The van der Waals surface area contributed by atoms with Crippen molar-refractivity contribution < 1.29 is 24.3 Å². The Hall–Kier alpha value is -4.02. The fourth-order valence-corrected chi connectivity index (χ4v) is 5.57. The molecule has 0 unspecified atom stereocenters. The van der Waals surface area contributed by atoms with Crippen molar-refractivity contribution in [3.8, 4) is 0 Å². The minimum Gasteiger partial charge on any atom is -0.480 e. The molecule has 0 aliphatic carbocycles. The van der Waals surface area contributed by atoms with E-state index in [1.807, 2.05) is 0 Å². The molecule has 1 aromatic heterocycles. The van der Waals surface area contributed by atoms with Crippen LogP contribution in [0.1, 0.15) is 74.0 Å². The van der Waals surface area contributed by atoms with Crippen LogP contribution in [0.25, 0.3) is 0 Å². The summed E-state index contributed by atoms with van der Waals surface area (Å²) in [5, 5.41) is 15.4. The Kier molecular flexibility index (Phi) is 9.57. The fourth-order valence-electron chi connectivity index (χ4n) is 5.57. The normalized spacial score (nSPS) is 16.0. The van der Waals surface area contributed by atoms with Crippen molar-refractivity contribution in [3.63, 3.8) is 0 Å². The number of likely N-dealkylation sites (tertiary alicyclic amines) is 1. The van der Waals surface area contributed by atoms with Crippen molar-refractivity contribution in [2.24, 2.45) is 5.41 Å². The fraction of sp³-hybridized carbons (Fsp3) is 0.533. The molecule has 11 nitrogen and oxygen atoms in total. The van der Waals surface area contributed by atoms with Gasteiger partial charge in [-0.15, -0.1) is 0 Å². The molecule has 3 N–H and O–H groups in total. The highest BCUT2D eigenvalue weighted by Gasteiger charge is 2.46. The molecule has 0 bridgehead atoms. The van der Waals surface area contributed by atoms with Gasteiger partial charge in [0, 0.05) is 44.5 Å². The maximum atomic E-state index is 13.4. The summed E-state index contributed by atoms with van der Waals surface area (Å²) >= 11 is 0. The second-order valence-corrected chi connectivity index (χ2v) is 10.9. The molecule has 1 aromatic carbocycles. The largest absolute Gasteiger partial charge is 0.480 e. The number of rotatable bonds is 11. The van der Waals surface area contributed by atoms with E-state index in [0.29, 0.717) is 41.5 Å². The Morgan fingerprint density at radius 1 is 0.976 bits per heavy atom. The van der Waals surface area contributed by atoms with E-state index in [0.717, 1.165) is 38.8 Å². The summed E-state index contributed by atoms with van der Waals surface area (Å²) in [6.07, 6.45) is 6.23. The van der Waals surface area contributed by atoms with Crippen LogP contribution in [0.5, 0.6) is 0 Å². The number of hydrogen-bond acceptors (Lipinski definition) is 7. The molecule has 3 amide bonds. The van der Waals surface area contributed by atoms with Crippen LogP contribution in [0.15, 0.2) is 30.5 Å². The lowest BCUT2D eigenvalue weighted by molar-refractivity contribution is -0.153. The summed E-state index contributed by atoms with van der Waals surface area (Å²) in [6.45, 7) is 8.35. The Morgan fingerprint density at radius 2 is 1.59 bits per heavy atom. The van der Waals surface area contributed by atoms with Crippen molar-refractivity contribution in [2.45, 2.75) is 71.8 Å². The molecule has 2 aliphatic rings. The number of nitrogens with one attached hydrogen (secondary N) is 2. The molecule has 0 spiro atoms. The van der Waals surface area contributed by atoms with E-state index in [4.69, 9.17) is 0 Å². The van der Waals surface area contributed by atoms with E-state index in [1.165, 1.54) is 0 Å². The number of hydrogen-bond donors (Lipinski definition) is 3. The quantitative estimate of drug-likeness (QED) is 0.353. The molecule has 2 fully saturated rings. The molecular formula is C30H40N6O5. The van der Waals surface area contributed by atoms with Crippen molar-refractivity contribution >= 4 is 35.3 Å². The summed E-state index contributed by atoms with van der Waals surface area (Å²) in [7, 11) is 0. The first kappa shape index (κ1) is 30.0. The van der Waals surface area contributed by atoms with E-state index in [-0.39, 0.29) is 31.1 Å². The monoisotopic (exact) mass is 564 g/mol. The summed E-state index contributed by atoms with van der Waals surface area (Å²) in [5.74, 6) is -1.77. The smallest absolute Gasteiger partial charge is 0.326 e. The zero-order valence-corrected chi connectivity index (χ0v) is 24.1. The van der Waals surface area contributed by atoms with Gasteiger partial charge in [-0.2, -0.15) is 0 Å². The van der Waals surface area contributed by atoms with Crippen molar-refractivity contribution in [3.05, 3.63) is 47.3 Å². The highest BCUT2D eigenvalue weighted by atomic mass is 16.4. The lowest BCUT2D eigenvalue weighted by Crippen LogP contribution is -2.55. The zero-order chi connectivity index (χ0) is 29.6. The number of amides is 3. The van der Waals surface area contributed by atoms with Crippen LogP contribution < -0.4 is 15.5 Å². The number of benzene rings is 1. The van der Waals surface area contributed by atoms with E-state index in [1.54, 1.807) is 56.1 Å². The molecule has 1 atom stereocenters. The Labute approximate surface area is 240 Å². The van der Waals surface area contributed by atoms with Gasteiger partial charge in [0.25, 0.3) is 5.91 Å². The van der Waals surface area contributed by atoms with E-state index in [9.17, 15) is 24.3 Å². The number of carbonyl (C=O) groups is 4. The third-order valence-electron chi connectivity index (χ3n) is 8.26. The average Bonchev–Trinajstić information content (AvgIpc) is 3.70. The SMILES string of the molecule is CCC(CC)(C(=O)N[C@@H](Cc1ccc(NC(=O)c2nc(N3CCCC3)ncc2C)cc1)C(=O)O)C(=O)N1CCCC1. The van der Waals surface area contributed by atoms with Crippen molar-refractivity contribution in [1.29, 1.82) is 0 Å². The van der Waals surface area contributed by atoms with Gasteiger partial charge in [0.15, 0.2) is 0 Å². The number of carbonyl (C=O) groups excluding carboxylic acids is 3. The minimum absolute atomic E-state index is 0.0287. The van der Waals surface area contributed by atoms with Crippen LogP contribution in [-0.4, -0.2) is 75.9 Å². The molecular weight excluding hydrogens is 524 g/mol. The summed E-state index contributed by atoms with van der Waals surface area (Å²) in [5.41, 5.74) is 0.872. The second-order valence-electron chi connectivity index (χ2n) is 10.9. The predicted octanol–water partition coefficient (Wildman–Crippen LogP) is 3.18. The van der Waals surface area contributed by atoms with Crippen LogP contribution in [0.3, 0.4) is 0 Å². The van der Waals surface area contributed by atoms with Crippen LogP contribution in [0, 0.1) is 12.3 Å². The van der Waals surface area contributed by atoms with Gasteiger partial charge >= 0.3 is 5.97 Å². The summed E-state index contributed by atoms with van der Waals surface area (Å²) < 4.78 is 0. The minimum atomic E-state index is -1.29. The molecule has 2 aliphatic heterocycles. The van der Waals surface area contributed by atoms with Crippen LogP contribution in [-0.2, 0) is 20.8 Å². The van der Waals surface area contributed by atoms with Crippen LogP contribution >= 0.6 is 0 Å². The molecule has 0 radical (unpaired) electrons. The molecule has 220 valence electrons. The molecule has 2 aromatic rings. The highest BCUT2D eigenvalue weighted by molar-refractivity contribution is 6.06. The number of anilines is 2. The topological polar surface area (TPSA) is 145 Å². The number of aliphatic carboxylic acids is 1. The van der Waals surface area contributed by atoms with Gasteiger partial charge in [0.05, 0.1) is 0 Å². The Balaban J connectivity index is 1.42. The van der Waals surface area contributed by atoms with Crippen LogP contribution in [0.2, 0.25) is 0 Å². The van der Waals surface area contributed by atoms with Crippen LogP contribution in [0.4, 0.5) is 11.6 Å². The highest BCUT2D eigenvalue weighted by Crippen LogP contribution is 2.31. The third-order valence-corrected chi connectivity index (χ3v) is 8.26. The third kappa shape index (κ3) is 6.66. The van der Waals surface area contributed by atoms with Crippen molar-refractivity contribution in [2.75, 3.05) is 36.4 Å². The van der Waals surface area contributed by atoms with Gasteiger partial charge in [0.2, 0.25) is 17.8 Å². The number of nitrogens with zero attached hydrogens (tertiary/aromatic N) is 4. The van der Waals surface area contributed by atoms with Gasteiger partial charge in [-0.25, -0.2) is 14.8 Å². The lowest BCUT2D eigenvalue weighted by Gasteiger charge is -2.34. The van der Waals surface area contributed by atoms with E-state index in [2.05, 4.69) is 25.5 Å². The Bertz CT molecular complexity index is 1260. The molecule has 2 saturated heterocycles. The number of aryl methyl sites for hydroxylation is 1. The van der Waals surface area contributed by atoms with E-state index < -0.39 is 23.3 Å². The first-order chi connectivity index (χ1) is 19.7. The Morgan fingerprint density at radius 3 is 2.17 bits per heavy atom. The molecule has 3 heterocycles. The van der Waals surface area contributed by atoms with Gasteiger partial charge in [-0.3, -0.25) is 14.4 Å². The van der Waals surface area contributed by atoms with Crippen molar-refractivity contribution in [1.82, 2.24) is 20.2 Å². The van der Waals surface area contributed by atoms with Gasteiger partial charge in [0.1, 0.15) is 17.2 Å². The zero-order valence-electron chi connectivity index (χ0n) is 24.1. The molecule has 4 rings (SSSR count). The molecule has 0 saturated carbocycles. The lowest BCUT2D eigenvalue weighted by atomic mass is 9.79. The maximum Gasteiger partial charge on any atom is 0.326 e. The number of carboxylic acids is 1. The standard InChI is InChI=1S/C30H40N6O5/c1-4-30(5-2,28(41)35-14-6-7-15-35)27(40)33-23(26(38)39)18-21-10-12-22(13-11-21)32-25(37)24-20(3)19-31-29(34-24)36-16-8-9-17-36/h10-13,19,23H,4-9,14-18H2,1-3H3,(H,32,37)(H,33,40)(H,38,39)/t23-/m0/s1. The van der Waals surface area contributed by atoms with Gasteiger partial charge in [-0.05, 0) is 68.7 Å². The molecule has 11 heteroatoms. The number of carboxylic acid groups (broad SMARTS) is 1. The maximum absolute atomic E-state index is 13.4.